The number of hydrogen-bond donors (Lipinski definition) is 0. The van der Waals surface area contributed by atoms with Crippen molar-refractivity contribution >= 4 is 18.0 Å². The van der Waals surface area contributed by atoms with E-state index in [0.29, 0.717) is 12.4 Å². The van der Waals surface area contributed by atoms with Gasteiger partial charge in [0.25, 0.3) is 0 Å². The summed E-state index contributed by atoms with van der Waals surface area (Å²) >= 11 is 1.52. The van der Waals surface area contributed by atoms with Gasteiger partial charge < -0.3 is 9.47 Å². The second kappa shape index (κ2) is 10.1. The first-order valence-corrected chi connectivity index (χ1v) is 9.79. The van der Waals surface area contributed by atoms with E-state index < -0.39 is 0 Å². The maximum atomic E-state index is 5.81. The minimum atomic E-state index is 0.704. The van der Waals surface area contributed by atoms with Crippen LogP contribution in [0.15, 0.2) is 28.5 Å². The molecule has 0 spiro atoms. The Kier molecular flexibility index (Phi) is 7.78. The standard InChI is InChI=1S/C18H26N4O2S/c1-5-7-8-11-24-15-10-9-14(12-16(15)23-3)13-19-22-17(6-2)20-21-18(22)25-4/h9-10,12-13H,5-8,11H2,1-4H3/b19-13-. The molecule has 0 radical (unpaired) electrons. The first-order chi connectivity index (χ1) is 12.2. The number of thioether (sulfide) groups is 1. The van der Waals surface area contributed by atoms with Crippen LogP contribution < -0.4 is 9.47 Å². The minimum absolute atomic E-state index is 0.704. The number of ether oxygens (including phenoxy) is 2. The van der Waals surface area contributed by atoms with E-state index in [2.05, 4.69) is 22.2 Å². The summed E-state index contributed by atoms with van der Waals surface area (Å²) in [6.45, 7) is 4.92. The summed E-state index contributed by atoms with van der Waals surface area (Å²) in [5.41, 5.74) is 0.931. The average molecular weight is 362 g/mol. The van der Waals surface area contributed by atoms with Crippen LogP contribution in [0.1, 0.15) is 44.5 Å². The van der Waals surface area contributed by atoms with E-state index in [1.165, 1.54) is 24.6 Å². The van der Waals surface area contributed by atoms with Crippen LogP contribution in [-0.4, -0.2) is 41.1 Å². The van der Waals surface area contributed by atoms with Gasteiger partial charge in [0.15, 0.2) is 17.3 Å². The fraction of sp³-hybridized carbons (Fsp3) is 0.500. The predicted octanol–water partition coefficient (Wildman–Crippen LogP) is 4.02. The maximum Gasteiger partial charge on any atom is 0.211 e. The number of aryl methyl sites for hydroxylation is 1. The first kappa shape index (κ1) is 19.3. The molecular weight excluding hydrogens is 336 g/mol. The van der Waals surface area contributed by atoms with Crippen LogP contribution in [-0.2, 0) is 6.42 Å². The van der Waals surface area contributed by atoms with Gasteiger partial charge in [0.05, 0.1) is 19.9 Å². The van der Waals surface area contributed by atoms with Gasteiger partial charge in [0.1, 0.15) is 0 Å². The van der Waals surface area contributed by atoms with Gasteiger partial charge in [-0.05, 0) is 36.4 Å². The largest absolute Gasteiger partial charge is 0.493 e. The smallest absolute Gasteiger partial charge is 0.211 e. The maximum absolute atomic E-state index is 5.81. The summed E-state index contributed by atoms with van der Waals surface area (Å²) in [5.74, 6) is 2.31. The average Bonchev–Trinajstić information content (AvgIpc) is 3.06. The van der Waals surface area contributed by atoms with Crippen LogP contribution in [0.4, 0.5) is 0 Å². The summed E-state index contributed by atoms with van der Waals surface area (Å²) in [4.78, 5) is 0. The number of benzene rings is 1. The Morgan fingerprint density at radius 1 is 1.20 bits per heavy atom. The van der Waals surface area contributed by atoms with Crippen molar-refractivity contribution in [2.75, 3.05) is 20.0 Å². The zero-order valence-electron chi connectivity index (χ0n) is 15.4. The Labute approximate surface area is 153 Å². The summed E-state index contributed by atoms with van der Waals surface area (Å²) in [7, 11) is 1.65. The lowest BCUT2D eigenvalue weighted by Crippen LogP contribution is -2.01. The third kappa shape index (κ3) is 5.22. The van der Waals surface area contributed by atoms with Gasteiger partial charge in [-0.1, -0.05) is 38.5 Å². The van der Waals surface area contributed by atoms with Crippen LogP contribution in [0.5, 0.6) is 11.5 Å². The Hall–Kier alpha value is -2.02. The second-order valence-corrected chi connectivity index (χ2v) is 6.25. The van der Waals surface area contributed by atoms with Gasteiger partial charge in [-0.15, -0.1) is 10.2 Å². The summed E-state index contributed by atoms with van der Waals surface area (Å²) in [6.07, 6.45) is 7.92. The highest BCUT2D eigenvalue weighted by Crippen LogP contribution is 2.28. The quantitative estimate of drug-likeness (QED) is 0.363. The molecule has 1 aromatic heterocycles. The molecule has 1 aromatic carbocycles. The molecule has 7 heteroatoms. The van der Waals surface area contributed by atoms with Crippen LogP contribution in [0, 0.1) is 0 Å². The molecule has 0 aliphatic heterocycles. The lowest BCUT2D eigenvalue weighted by atomic mass is 10.2. The van der Waals surface area contributed by atoms with Crippen molar-refractivity contribution in [2.45, 2.75) is 44.7 Å². The summed E-state index contributed by atoms with van der Waals surface area (Å²) in [5, 5.41) is 13.6. The van der Waals surface area contributed by atoms with Crippen LogP contribution in [0.2, 0.25) is 0 Å². The number of aromatic nitrogens is 3. The van der Waals surface area contributed by atoms with E-state index in [4.69, 9.17) is 9.47 Å². The number of methoxy groups -OCH3 is 1. The molecule has 2 aromatic rings. The number of hydrogen-bond acceptors (Lipinski definition) is 6. The predicted molar refractivity (Wildman–Crippen MR) is 102 cm³/mol. The van der Waals surface area contributed by atoms with E-state index in [1.807, 2.05) is 31.4 Å². The van der Waals surface area contributed by atoms with Gasteiger partial charge >= 0.3 is 0 Å². The van der Waals surface area contributed by atoms with Crippen molar-refractivity contribution in [1.29, 1.82) is 0 Å². The van der Waals surface area contributed by atoms with Crippen molar-refractivity contribution in [3.8, 4) is 11.5 Å². The van der Waals surface area contributed by atoms with Crippen LogP contribution >= 0.6 is 11.8 Å². The molecule has 25 heavy (non-hydrogen) atoms. The highest BCUT2D eigenvalue weighted by atomic mass is 32.2. The number of nitrogens with zero attached hydrogens (tertiary/aromatic N) is 4. The third-order valence-corrected chi connectivity index (χ3v) is 4.31. The molecule has 1 heterocycles. The van der Waals surface area contributed by atoms with Crippen molar-refractivity contribution in [2.24, 2.45) is 5.10 Å². The third-order valence-electron chi connectivity index (χ3n) is 3.69. The van der Waals surface area contributed by atoms with Gasteiger partial charge in [-0.3, -0.25) is 0 Å². The molecular formula is C18H26N4O2S. The van der Waals surface area contributed by atoms with Crippen molar-refractivity contribution < 1.29 is 9.47 Å². The Bertz CT molecular complexity index is 679. The van der Waals surface area contributed by atoms with E-state index in [-0.39, 0.29) is 0 Å². The molecule has 0 N–H and O–H groups in total. The normalized spacial score (nSPS) is 11.2. The highest BCUT2D eigenvalue weighted by Gasteiger charge is 2.09. The fourth-order valence-electron chi connectivity index (χ4n) is 2.30. The van der Waals surface area contributed by atoms with E-state index in [0.717, 1.165) is 35.1 Å². The van der Waals surface area contributed by atoms with Gasteiger partial charge in [0.2, 0.25) is 5.16 Å². The van der Waals surface area contributed by atoms with Crippen LogP contribution in [0.3, 0.4) is 0 Å². The number of unbranched alkanes of at least 4 members (excludes halogenated alkanes) is 2. The second-order valence-electron chi connectivity index (χ2n) is 5.48. The van der Waals surface area contributed by atoms with Crippen molar-refractivity contribution in [3.05, 3.63) is 29.6 Å². The Morgan fingerprint density at radius 2 is 2.04 bits per heavy atom. The van der Waals surface area contributed by atoms with Crippen LogP contribution in [0.25, 0.3) is 0 Å². The van der Waals surface area contributed by atoms with Gasteiger partial charge in [-0.25, -0.2) is 0 Å². The lowest BCUT2D eigenvalue weighted by molar-refractivity contribution is 0.286. The lowest BCUT2D eigenvalue weighted by Gasteiger charge is -2.11. The molecule has 0 atom stereocenters. The highest BCUT2D eigenvalue weighted by molar-refractivity contribution is 7.98. The fourth-order valence-corrected chi connectivity index (χ4v) is 2.75. The molecule has 2 rings (SSSR count). The zero-order chi connectivity index (χ0) is 18.1. The topological polar surface area (TPSA) is 61.5 Å². The zero-order valence-corrected chi connectivity index (χ0v) is 16.2. The summed E-state index contributed by atoms with van der Waals surface area (Å²) in [6, 6.07) is 5.82. The van der Waals surface area contributed by atoms with E-state index in [1.54, 1.807) is 18.0 Å². The molecule has 0 unspecified atom stereocenters. The van der Waals surface area contributed by atoms with Gasteiger partial charge in [-0.2, -0.15) is 9.78 Å². The Balaban J connectivity index is 2.13. The van der Waals surface area contributed by atoms with Crippen molar-refractivity contribution in [3.63, 3.8) is 0 Å². The molecule has 0 fully saturated rings. The molecule has 0 aliphatic rings. The first-order valence-electron chi connectivity index (χ1n) is 8.56. The Morgan fingerprint density at radius 3 is 2.72 bits per heavy atom. The SMILES string of the molecule is CCCCCOc1ccc(/C=N\n2c(CC)nnc2SC)cc1OC. The molecule has 0 bridgehead atoms. The monoisotopic (exact) mass is 362 g/mol. The van der Waals surface area contributed by atoms with E-state index >= 15 is 0 Å². The minimum Gasteiger partial charge on any atom is -0.493 e. The molecule has 6 nitrogen and oxygen atoms in total. The molecule has 136 valence electrons. The molecule has 0 aliphatic carbocycles. The van der Waals surface area contributed by atoms with Gasteiger partial charge in [0, 0.05) is 6.42 Å². The van der Waals surface area contributed by atoms with E-state index in [9.17, 15) is 0 Å². The molecule has 0 saturated heterocycles. The molecule has 0 saturated carbocycles. The van der Waals surface area contributed by atoms with Crippen molar-refractivity contribution in [1.82, 2.24) is 14.9 Å². The number of rotatable bonds is 10. The summed E-state index contributed by atoms with van der Waals surface area (Å²) < 4.78 is 13.0. The molecule has 0 amide bonds.